The predicted molar refractivity (Wildman–Crippen MR) is 119 cm³/mol. The molecule has 2 saturated carbocycles. The van der Waals surface area contributed by atoms with E-state index in [0.29, 0.717) is 31.0 Å². The molecule has 170 valence electrons. The summed E-state index contributed by atoms with van der Waals surface area (Å²) < 4.78 is 14.3. The molecule has 31 heavy (non-hydrogen) atoms. The monoisotopic (exact) mass is 430 g/mol. The first kappa shape index (κ1) is 22.2. The maximum Gasteiger partial charge on any atom is 0.227 e. The van der Waals surface area contributed by atoms with Crippen molar-refractivity contribution < 1.29 is 14.0 Å². The molecule has 3 aliphatic rings. The Balaban J connectivity index is 1.38. The van der Waals surface area contributed by atoms with Gasteiger partial charge in [0.2, 0.25) is 11.8 Å². The summed E-state index contributed by atoms with van der Waals surface area (Å²) in [7, 11) is 0. The van der Waals surface area contributed by atoms with E-state index in [2.05, 4.69) is 17.1 Å². The van der Waals surface area contributed by atoms with Gasteiger partial charge in [0.25, 0.3) is 0 Å². The lowest BCUT2D eigenvalue weighted by Gasteiger charge is -2.41. The summed E-state index contributed by atoms with van der Waals surface area (Å²) in [6.45, 7) is 6.91. The van der Waals surface area contributed by atoms with Crippen molar-refractivity contribution in [2.24, 2.45) is 17.6 Å². The van der Waals surface area contributed by atoms with Gasteiger partial charge in [0.1, 0.15) is 5.82 Å². The fourth-order valence-electron chi connectivity index (χ4n) is 5.29. The molecule has 1 saturated heterocycles. The molecule has 1 heterocycles. The molecule has 2 amide bonds. The van der Waals surface area contributed by atoms with Crippen LogP contribution in [-0.2, 0) is 16.1 Å². The third kappa shape index (κ3) is 4.93. The summed E-state index contributed by atoms with van der Waals surface area (Å²) in [5.41, 5.74) is 8.11. The summed E-state index contributed by atoms with van der Waals surface area (Å²) in [5.74, 6) is 0.0221. The SMILES string of the molecule is Cc1c(CN2CCN(C(=O)C3CCCC3)[C@@H](C)C2)cc(F)cc1NC(=O)[C@H]1C[C@@H](N)C1. The van der Waals surface area contributed by atoms with E-state index in [1.807, 2.05) is 11.8 Å². The second-order valence-corrected chi connectivity index (χ2v) is 9.75. The highest BCUT2D eigenvalue weighted by atomic mass is 19.1. The molecule has 1 aromatic carbocycles. The minimum absolute atomic E-state index is 0.0750. The number of anilines is 1. The fourth-order valence-corrected chi connectivity index (χ4v) is 5.29. The van der Waals surface area contributed by atoms with Crippen molar-refractivity contribution in [2.45, 2.75) is 71.0 Å². The molecule has 1 atom stereocenters. The van der Waals surface area contributed by atoms with Gasteiger partial charge in [-0.05, 0) is 62.8 Å². The van der Waals surface area contributed by atoms with Gasteiger partial charge >= 0.3 is 0 Å². The third-order valence-electron chi connectivity index (χ3n) is 7.38. The Morgan fingerprint density at radius 3 is 2.52 bits per heavy atom. The van der Waals surface area contributed by atoms with Gasteiger partial charge in [-0.1, -0.05) is 12.8 Å². The average Bonchev–Trinajstić information content (AvgIpc) is 3.23. The number of piperazine rings is 1. The van der Waals surface area contributed by atoms with Crippen molar-refractivity contribution in [3.05, 3.63) is 29.1 Å². The van der Waals surface area contributed by atoms with Crippen LogP contribution in [0.3, 0.4) is 0 Å². The highest BCUT2D eigenvalue weighted by Gasteiger charge is 2.34. The van der Waals surface area contributed by atoms with E-state index in [9.17, 15) is 14.0 Å². The largest absolute Gasteiger partial charge is 0.337 e. The number of nitrogens with one attached hydrogen (secondary N) is 1. The zero-order valence-corrected chi connectivity index (χ0v) is 18.7. The standard InChI is InChI=1S/C24H35FN4O2/c1-15-13-28(7-8-29(15)24(31)17-5-3-4-6-17)14-19-9-20(25)12-22(16(19)2)27-23(30)18-10-21(26)11-18/h9,12,15,17-18,21H,3-8,10-11,13-14,26H2,1-2H3,(H,27,30)/t15-,18-,21+/m0/s1. The van der Waals surface area contributed by atoms with Crippen molar-refractivity contribution in [3.63, 3.8) is 0 Å². The van der Waals surface area contributed by atoms with Gasteiger partial charge < -0.3 is 16.0 Å². The van der Waals surface area contributed by atoms with E-state index >= 15 is 0 Å². The van der Waals surface area contributed by atoms with Gasteiger partial charge in [0.15, 0.2) is 0 Å². The Bertz CT molecular complexity index is 833. The number of nitrogens with zero attached hydrogens (tertiary/aromatic N) is 2. The first-order valence-corrected chi connectivity index (χ1v) is 11.7. The van der Waals surface area contributed by atoms with E-state index in [0.717, 1.165) is 56.4 Å². The number of halogens is 1. The van der Waals surface area contributed by atoms with Gasteiger partial charge in [-0.15, -0.1) is 0 Å². The van der Waals surface area contributed by atoms with Crippen molar-refractivity contribution in [1.29, 1.82) is 0 Å². The molecule has 1 aromatic rings. The zero-order chi connectivity index (χ0) is 22.1. The molecule has 0 aromatic heterocycles. The topological polar surface area (TPSA) is 78.7 Å². The van der Waals surface area contributed by atoms with Crippen molar-refractivity contribution in [1.82, 2.24) is 9.80 Å². The lowest BCUT2D eigenvalue weighted by atomic mass is 9.80. The number of nitrogens with two attached hydrogens (primary N) is 1. The number of benzene rings is 1. The highest BCUT2D eigenvalue weighted by Crippen LogP contribution is 2.30. The number of carbonyl (C=O) groups excluding carboxylic acids is 2. The average molecular weight is 431 g/mol. The molecule has 2 aliphatic carbocycles. The van der Waals surface area contributed by atoms with E-state index in [4.69, 9.17) is 5.73 Å². The third-order valence-corrected chi connectivity index (χ3v) is 7.38. The Labute approximate surface area is 184 Å². The summed E-state index contributed by atoms with van der Waals surface area (Å²) in [5, 5.41) is 2.91. The van der Waals surface area contributed by atoms with Crippen LogP contribution in [0, 0.1) is 24.6 Å². The minimum atomic E-state index is -0.343. The Morgan fingerprint density at radius 1 is 1.16 bits per heavy atom. The summed E-state index contributed by atoms with van der Waals surface area (Å²) in [6, 6.07) is 3.21. The van der Waals surface area contributed by atoms with Crippen LogP contribution in [0.2, 0.25) is 0 Å². The lowest BCUT2D eigenvalue weighted by Crippen LogP contribution is -2.54. The molecule has 1 aliphatic heterocycles. The predicted octanol–water partition coefficient (Wildman–Crippen LogP) is 3.03. The van der Waals surface area contributed by atoms with Gasteiger partial charge in [0, 0.05) is 55.8 Å². The molecule has 7 heteroatoms. The second-order valence-electron chi connectivity index (χ2n) is 9.75. The molecule has 0 radical (unpaired) electrons. The lowest BCUT2D eigenvalue weighted by molar-refractivity contribution is -0.140. The molecule has 0 spiro atoms. The van der Waals surface area contributed by atoms with Crippen LogP contribution >= 0.6 is 0 Å². The van der Waals surface area contributed by atoms with Crippen LogP contribution in [0.5, 0.6) is 0 Å². The molecule has 3 fully saturated rings. The minimum Gasteiger partial charge on any atom is -0.337 e. The molecule has 4 rings (SSSR count). The van der Waals surface area contributed by atoms with E-state index in [1.54, 1.807) is 6.07 Å². The number of hydrogen-bond donors (Lipinski definition) is 2. The molecule has 0 bridgehead atoms. The smallest absolute Gasteiger partial charge is 0.227 e. The van der Waals surface area contributed by atoms with Crippen LogP contribution in [0.25, 0.3) is 0 Å². The van der Waals surface area contributed by atoms with Crippen LogP contribution in [0.1, 0.15) is 56.6 Å². The maximum absolute atomic E-state index is 14.3. The normalized spacial score (nSPS) is 27.2. The molecular formula is C24H35FN4O2. The van der Waals surface area contributed by atoms with E-state index in [-0.39, 0.29) is 35.6 Å². The highest BCUT2D eigenvalue weighted by molar-refractivity contribution is 5.94. The number of carbonyl (C=O) groups is 2. The van der Waals surface area contributed by atoms with Crippen LogP contribution in [0.4, 0.5) is 10.1 Å². The Morgan fingerprint density at radius 2 is 1.87 bits per heavy atom. The van der Waals surface area contributed by atoms with Gasteiger partial charge in [-0.25, -0.2) is 4.39 Å². The van der Waals surface area contributed by atoms with Gasteiger partial charge in [-0.2, -0.15) is 0 Å². The fraction of sp³-hybridized carbons (Fsp3) is 0.667. The van der Waals surface area contributed by atoms with Crippen molar-refractivity contribution >= 4 is 17.5 Å². The zero-order valence-electron chi connectivity index (χ0n) is 18.7. The molecule has 3 N–H and O–H groups in total. The van der Waals surface area contributed by atoms with Crippen molar-refractivity contribution in [2.75, 3.05) is 25.0 Å². The molecule has 0 unspecified atom stereocenters. The Kier molecular flexibility index (Phi) is 6.63. The van der Waals surface area contributed by atoms with E-state index < -0.39 is 0 Å². The van der Waals surface area contributed by atoms with Crippen LogP contribution in [0.15, 0.2) is 12.1 Å². The molecule has 6 nitrogen and oxygen atoms in total. The summed E-state index contributed by atoms with van der Waals surface area (Å²) in [4.78, 5) is 29.6. The Hall–Kier alpha value is -1.99. The maximum atomic E-state index is 14.3. The van der Waals surface area contributed by atoms with Crippen LogP contribution < -0.4 is 11.1 Å². The van der Waals surface area contributed by atoms with Crippen LogP contribution in [-0.4, -0.2) is 53.3 Å². The van der Waals surface area contributed by atoms with E-state index in [1.165, 1.54) is 6.07 Å². The second kappa shape index (κ2) is 9.25. The number of amides is 2. The van der Waals surface area contributed by atoms with Crippen molar-refractivity contribution in [3.8, 4) is 0 Å². The first-order valence-electron chi connectivity index (χ1n) is 11.7. The molecular weight excluding hydrogens is 395 g/mol. The number of hydrogen-bond acceptors (Lipinski definition) is 4. The first-order chi connectivity index (χ1) is 14.8. The summed E-state index contributed by atoms with van der Waals surface area (Å²) in [6.07, 6.45) is 5.75. The van der Waals surface area contributed by atoms with Gasteiger partial charge in [-0.3, -0.25) is 14.5 Å². The van der Waals surface area contributed by atoms with Gasteiger partial charge in [0.05, 0.1) is 0 Å². The quantitative estimate of drug-likeness (QED) is 0.753. The number of rotatable bonds is 5. The summed E-state index contributed by atoms with van der Waals surface area (Å²) >= 11 is 0.